The lowest BCUT2D eigenvalue weighted by molar-refractivity contribution is -0.119. The minimum atomic E-state index is 0.473. The van der Waals surface area contributed by atoms with Crippen LogP contribution in [0.25, 0.3) is 0 Å². The molecule has 0 saturated carbocycles. The molecule has 98 valence electrons. The molecule has 0 bridgehead atoms. The molecular formula is C16H28O. The van der Waals surface area contributed by atoms with Crippen LogP contribution < -0.4 is 0 Å². The number of rotatable bonds is 0. The molecule has 0 radical (unpaired) electrons. The van der Waals surface area contributed by atoms with E-state index in [0.717, 1.165) is 25.7 Å². The van der Waals surface area contributed by atoms with Crippen LogP contribution in [-0.4, -0.2) is 5.78 Å². The van der Waals surface area contributed by atoms with E-state index >= 15 is 0 Å². The number of carbonyl (C=O) groups excluding carboxylic acids is 1. The smallest absolute Gasteiger partial charge is 0.133 e. The number of hydrogen-bond donors (Lipinski definition) is 0. The van der Waals surface area contributed by atoms with E-state index in [4.69, 9.17) is 0 Å². The summed E-state index contributed by atoms with van der Waals surface area (Å²) in [6, 6.07) is 0. The second-order valence-corrected chi connectivity index (χ2v) is 5.57. The van der Waals surface area contributed by atoms with E-state index in [1.54, 1.807) is 0 Å². The lowest BCUT2D eigenvalue weighted by atomic mass is 9.97. The van der Waals surface area contributed by atoms with Crippen molar-refractivity contribution < 1.29 is 4.79 Å². The molecule has 1 aliphatic carbocycles. The molecular weight excluding hydrogens is 208 g/mol. The van der Waals surface area contributed by atoms with Crippen LogP contribution in [-0.2, 0) is 4.79 Å². The molecule has 0 aromatic heterocycles. The highest BCUT2D eigenvalue weighted by Gasteiger charge is 2.07. The molecule has 0 saturated heterocycles. The topological polar surface area (TPSA) is 17.1 Å². The summed E-state index contributed by atoms with van der Waals surface area (Å²) in [5, 5.41) is 0. The fraction of sp³-hybridized carbons (Fsp3) is 0.812. The van der Waals surface area contributed by atoms with Gasteiger partial charge in [-0.2, -0.15) is 0 Å². The van der Waals surface area contributed by atoms with E-state index in [1.165, 1.54) is 44.9 Å². The van der Waals surface area contributed by atoms with Gasteiger partial charge in [-0.1, -0.05) is 51.2 Å². The fourth-order valence-electron chi connectivity index (χ4n) is 2.49. The average Bonchev–Trinajstić information content (AvgIpc) is 2.30. The predicted molar refractivity (Wildman–Crippen MR) is 74.1 cm³/mol. The maximum Gasteiger partial charge on any atom is 0.133 e. The summed E-state index contributed by atoms with van der Waals surface area (Å²) in [6.07, 6.45) is 17.6. The third kappa shape index (κ3) is 8.18. The first-order chi connectivity index (χ1) is 8.29. The van der Waals surface area contributed by atoms with Crippen molar-refractivity contribution in [2.45, 2.75) is 77.6 Å². The normalized spacial score (nSPS) is 28.1. The molecule has 1 atom stereocenters. The molecule has 0 unspecified atom stereocenters. The van der Waals surface area contributed by atoms with Crippen LogP contribution in [0.15, 0.2) is 12.2 Å². The van der Waals surface area contributed by atoms with Gasteiger partial charge in [0.2, 0.25) is 0 Å². The second kappa shape index (κ2) is 9.44. The monoisotopic (exact) mass is 236 g/mol. The second-order valence-electron chi connectivity index (χ2n) is 5.57. The van der Waals surface area contributed by atoms with Crippen LogP contribution in [0.1, 0.15) is 77.6 Å². The van der Waals surface area contributed by atoms with Crippen LogP contribution >= 0.6 is 0 Å². The fourth-order valence-corrected chi connectivity index (χ4v) is 2.49. The summed E-state index contributed by atoms with van der Waals surface area (Å²) in [5.41, 5.74) is 0. The van der Waals surface area contributed by atoms with Crippen LogP contribution in [0, 0.1) is 5.92 Å². The average molecular weight is 236 g/mol. The zero-order valence-corrected chi connectivity index (χ0v) is 11.4. The van der Waals surface area contributed by atoms with Gasteiger partial charge in [0.15, 0.2) is 0 Å². The van der Waals surface area contributed by atoms with Crippen molar-refractivity contribution in [3.8, 4) is 0 Å². The lowest BCUT2D eigenvalue weighted by Crippen LogP contribution is -2.04. The molecule has 1 nitrogen and oxygen atoms in total. The molecule has 17 heavy (non-hydrogen) atoms. The first kappa shape index (κ1) is 14.5. The first-order valence-electron chi connectivity index (χ1n) is 7.45. The Kier molecular flexibility index (Phi) is 8.04. The number of allylic oxidation sites excluding steroid dienone is 2. The van der Waals surface area contributed by atoms with Crippen LogP contribution in [0.2, 0.25) is 0 Å². The van der Waals surface area contributed by atoms with Gasteiger partial charge in [-0.3, -0.25) is 4.79 Å². The number of ketones is 1. The predicted octanol–water partition coefficient (Wildman–Crippen LogP) is 5.05. The van der Waals surface area contributed by atoms with Gasteiger partial charge in [-0.05, 0) is 31.6 Å². The van der Waals surface area contributed by atoms with Crippen LogP contribution in [0.5, 0.6) is 0 Å². The summed E-state index contributed by atoms with van der Waals surface area (Å²) < 4.78 is 0. The molecule has 1 aliphatic rings. The van der Waals surface area contributed by atoms with Gasteiger partial charge in [-0.25, -0.2) is 0 Å². The van der Waals surface area contributed by atoms with E-state index in [9.17, 15) is 4.79 Å². The molecule has 0 fully saturated rings. The van der Waals surface area contributed by atoms with Crippen molar-refractivity contribution in [2.75, 3.05) is 0 Å². The Morgan fingerprint density at radius 1 is 0.941 bits per heavy atom. The molecule has 1 rings (SSSR count). The highest BCUT2D eigenvalue weighted by atomic mass is 16.1. The van der Waals surface area contributed by atoms with Gasteiger partial charge >= 0.3 is 0 Å². The highest BCUT2D eigenvalue weighted by molar-refractivity contribution is 5.78. The zero-order chi connectivity index (χ0) is 12.3. The summed E-state index contributed by atoms with van der Waals surface area (Å²) in [7, 11) is 0. The minimum absolute atomic E-state index is 0.473. The quantitative estimate of drug-likeness (QED) is 0.538. The standard InChI is InChI=1S/C16H28O/c1-15-12-10-8-6-4-2-3-5-7-9-11-13-16(17)14-15/h8,10,15H,2-7,9,11-14H2,1H3/b10-8+/t15-/m1/s1. The van der Waals surface area contributed by atoms with Gasteiger partial charge in [0, 0.05) is 12.8 Å². The van der Waals surface area contributed by atoms with E-state index < -0.39 is 0 Å². The molecule has 0 heterocycles. The Hall–Kier alpha value is -0.590. The van der Waals surface area contributed by atoms with E-state index in [-0.39, 0.29) is 0 Å². The van der Waals surface area contributed by atoms with Crippen molar-refractivity contribution in [3.05, 3.63) is 12.2 Å². The highest BCUT2D eigenvalue weighted by Crippen LogP contribution is 2.15. The molecule has 0 N–H and O–H groups in total. The van der Waals surface area contributed by atoms with Crippen molar-refractivity contribution in [2.24, 2.45) is 5.92 Å². The van der Waals surface area contributed by atoms with E-state index in [2.05, 4.69) is 19.1 Å². The summed E-state index contributed by atoms with van der Waals surface area (Å²) in [5.74, 6) is 1.00. The Bertz CT molecular complexity index is 230. The zero-order valence-electron chi connectivity index (χ0n) is 11.4. The molecule has 0 aromatic carbocycles. The Labute approximate surface area is 107 Å². The Morgan fingerprint density at radius 2 is 1.59 bits per heavy atom. The minimum Gasteiger partial charge on any atom is -0.300 e. The number of hydrogen-bond acceptors (Lipinski definition) is 1. The lowest BCUT2D eigenvalue weighted by Gasteiger charge is -2.07. The molecule has 0 aromatic rings. The van der Waals surface area contributed by atoms with Gasteiger partial charge in [-0.15, -0.1) is 0 Å². The van der Waals surface area contributed by atoms with Gasteiger partial charge in [0.1, 0.15) is 5.78 Å². The SMILES string of the molecule is C[C@@H]1C/C=C/CCCCCCCCCC(=O)C1. The molecule has 0 amide bonds. The summed E-state index contributed by atoms with van der Waals surface area (Å²) in [6.45, 7) is 2.19. The Morgan fingerprint density at radius 3 is 2.35 bits per heavy atom. The molecule has 1 heteroatoms. The maximum atomic E-state index is 11.7. The van der Waals surface area contributed by atoms with Gasteiger partial charge in [0.25, 0.3) is 0 Å². The third-order valence-corrected chi connectivity index (χ3v) is 3.61. The maximum absolute atomic E-state index is 11.7. The first-order valence-corrected chi connectivity index (χ1v) is 7.45. The number of Topliss-reactive ketones (excluding diaryl/α,β-unsaturated/α-hetero) is 1. The summed E-state index contributed by atoms with van der Waals surface area (Å²) in [4.78, 5) is 11.7. The van der Waals surface area contributed by atoms with Crippen molar-refractivity contribution >= 4 is 5.78 Å². The Balaban J connectivity index is 2.31. The van der Waals surface area contributed by atoms with Crippen LogP contribution in [0.4, 0.5) is 0 Å². The van der Waals surface area contributed by atoms with E-state index in [1.807, 2.05) is 0 Å². The van der Waals surface area contributed by atoms with Crippen LogP contribution in [0.3, 0.4) is 0 Å². The molecule has 0 aliphatic heterocycles. The van der Waals surface area contributed by atoms with Gasteiger partial charge in [0.05, 0.1) is 0 Å². The van der Waals surface area contributed by atoms with Crippen molar-refractivity contribution in [3.63, 3.8) is 0 Å². The largest absolute Gasteiger partial charge is 0.300 e. The summed E-state index contributed by atoms with van der Waals surface area (Å²) >= 11 is 0. The third-order valence-electron chi connectivity index (χ3n) is 3.61. The van der Waals surface area contributed by atoms with Crippen molar-refractivity contribution in [1.82, 2.24) is 0 Å². The van der Waals surface area contributed by atoms with Gasteiger partial charge < -0.3 is 0 Å². The molecule has 0 spiro atoms. The van der Waals surface area contributed by atoms with Crippen molar-refractivity contribution in [1.29, 1.82) is 0 Å². The van der Waals surface area contributed by atoms with E-state index in [0.29, 0.717) is 11.7 Å². The number of carbonyl (C=O) groups is 1.